The second kappa shape index (κ2) is 7.38. The highest BCUT2D eigenvalue weighted by molar-refractivity contribution is 5.78. The molecule has 2 fully saturated rings. The highest BCUT2D eigenvalue weighted by Gasteiger charge is 2.26. The molecular formula is C15H30N4O. The zero-order valence-corrected chi connectivity index (χ0v) is 13.3. The van der Waals surface area contributed by atoms with Crippen LogP contribution < -0.4 is 0 Å². The number of hydrogen-bond donors (Lipinski definition) is 0. The number of carbonyl (C=O) groups is 1. The van der Waals surface area contributed by atoms with Gasteiger partial charge >= 0.3 is 0 Å². The Morgan fingerprint density at radius 2 is 1.60 bits per heavy atom. The summed E-state index contributed by atoms with van der Waals surface area (Å²) in [7, 11) is 4.14. The van der Waals surface area contributed by atoms with Crippen LogP contribution in [0.2, 0.25) is 0 Å². The maximum Gasteiger partial charge on any atom is 0.236 e. The molecule has 0 radical (unpaired) electrons. The van der Waals surface area contributed by atoms with E-state index in [4.69, 9.17) is 0 Å². The first kappa shape index (κ1) is 15.7. The third-order valence-electron chi connectivity index (χ3n) is 4.90. The Labute approximate surface area is 123 Å². The van der Waals surface area contributed by atoms with E-state index in [9.17, 15) is 4.79 Å². The summed E-state index contributed by atoms with van der Waals surface area (Å²) in [4.78, 5) is 21.5. The minimum absolute atomic E-state index is 0.296. The molecule has 2 rings (SSSR count). The maximum atomic E-state index is 12.4. The van der Waals surface area contributed by atoms with Crippen LogP contribution in [-0.4, -0.2) is 98.0 Å². The second-order valence-corrected chi connectivity index (χ2v) is 6.25. The van der Waals surface area contributed by atoms with Crippen LogP contribution in [0.4, 0.5) is 0 Å². The highest BCUT2D eigenvalue weighted by Crippen LogP contribution is 2.14. The van der Waals surface area contributed by atoms with Crippen LogP contribution in [0.25, 0.3) is 0 Å². The van der Waals surface area contributed by atoms with Crippen LogP contribution in [0.3, 0.4) is 0 Å². The molecule has 2 aliphatic rings. The zero-order chi connectivity index (χ0) is 14.5. The normalized spacial score (nSPS) is 23.9. The Kier molecular flexibility index (Phi) is 5.81. The molecule has 0 N–H and O–H groups in total. The topological polar surface area (TPSA) is 30.0 Å². The molecule has 2 aliphatic heterocycles. The fourth-order valence-corrected chi connectivity index (χ4v) is 3.15. The smallest absolute Gasteiger partial charge is 0.236 e. The molecule has 20 heavy (non-hydrogen) atoms. The molecule has 2 saturated heterocycles. The zero-order valence-electron chi connectivity index (χ0n) is 13.3. The number of nitrogens with zero attached hydrogens (tertiary/aromatic N) is 4. The molecule has 0 spiro atoms. The van der Waals surface area contributed by atoms with Gasteiger partial charge in [-0.05, 0) is 39.5 Å². The molecule has 0 bridgehead atoms. The van der Waals surface area contributed by atoms with Gasteiger partial charge in [-0.1, -0.05) is 6.92 Å². The molecule has 1 amide bonds. The molecule has 0 atom stereocenters. The van der Waals surface area contributed by atoms with E-state index in [1.54, 1.807) is 0 Å². The van der Waals surface area contributed by atoms with Crippen LogP contribution in [0.5, 0.6) is 0 Å². The van der Waals surface area contributed by atoms with Crippen molar-refractivity contribution in [3.63, 3.8) is 0 Å². The molecule has 0 aromatic rings. The van der Waals surface area contributed by atoms with E-state index in [2.05, 4.69) is 28.7 Å². The lowest BCUT2D eigenvalue weighted by Gasteiger charge is -2.38. The third kappa shape index (κ3) is 4.17. The van der Waals surface area contributed by atoms with Crippen LogP contribution >= 0.6 is 0 Å². The van der Waals surface area contributed by atoms with Crippen LogP contribution in [0, 0.1) is 0 Å². The predicted octanol–water partition coefficient (Wildman–Crippen LogP) is 0.177. The SMILES string of the molecule is CCN1CCN(CC(=O)N(C)C2CCN(C)CC2)CC1. The molecule has 0 aromatic carbocycles. The molecule has 0 aromatic heterocycles. The fraction of sp³-hybridized carbons (Fsp3) is 0.933. The van der Waals surface area contributed by atoms with Gasteiger partial charge in [0.05, 0.1) is 6.54 Å². The van der Waals surface area contributed by atoms with E-state index in [1.165, 1.54) is 0 Å². The van der Waals surface area contributed by atoms with Gasteiger partial charge in [-0.15, -0.1) is 0 Å². The van der Waals surface area contributed by atoms with Crippen molar-refractivity contribution in [2.24, 2.45) is 0 Å². The number of likely N-dealkylation sites (N-methyl/N-ethyl adjacent to an activating group) is 2. The van der Waals surface area contributed by atoms with Crippen molar-refractivity contribution in [3.8, 4) is 0 Å². The summed E-state index contributed by atoms with van der Waals surface area (Å²) in [5, 5.41) is 0. The number of carbonyl (C=O) groups excluding carboxylic acids is 1. The van der Waals surface area contributed by atoms with Gasteiger partial charge in [-0.3, -0.25) is 9.69 Å². The molecule has 0 aliphatic carbocycles. The maximum absolute atomic E-state index is 12.4. The van der Waals surface area contributed by atoms with Crippen LogP contribution in [0.1, 0.15) is 19.8 Å². The van der Waals surface area contributed by atoms with Gasteiger partial charge < -0.3 is 14.7 Å². The summed E-state index contributed by atoms with van der Waals surface area (Å²) in [6.45, 7) is 10.4. The molecule has 0 unspecified atom stereocenters. The van der Waals surface area contributed by atoms with Gasteiger partial charge in [-0.25, -0.2) is 0 Å². The summed E-state index contributed by atoms with van der Waals surface area (Å²) in [6.07, 6.45) is 2.23. The van der Waals surface area contributed by atoms with Gasteiger partial charge in [0.25, 0.3) is 0 Å². The third-order valence-corrected chi connectivity index (χ3v) is 4.90. The highest BCUT2D eigenvalue weighted by atomic mass is 16.2. The molecule has 5 nitrogen and oxygen atoms in total. The summed E-state index contributed by atoms with van der Waals surface area (Å²) in [5.74, 6) is 0.296. The lowest BCUT2D eigenvalue weighted by Crippen LogP contribution is -2.51. The monoisotopic (exact) mass is 282 g/mol. The van der Waals surface area contributed by atoms with Crippen molar-refractivity contribution in [3.05, 3.63) is 0 Å². The first-order chi connectivity index (χ1) is 9.60. The summed E-state index contributed by atoms with van der Waals surface area (Å²) in [6, 6.07) is 0.440. The van der Waals surface area contributed by atoms with Gasteiger partial charge in [0.1, 0.15) is 0 Å². The van der Waals surface area contributed by atoms with E-state index in [0.29, 0.717) is 18.5 Å². The average Bonchev–Trinajstić information content (AvgIpc) is 2.48. The second-order valence-electron chi connectivity index (χ2n) is 6.25. The largest absolute Gasteiger partial charge is 0.342 e. The van der Waals surface area contributed by atoms with Gasteiger partial charge in [0.15, 0.2) is 0 Å². The number of rotatable bonds is 4. The first-order valence-corrected chi connectivity index (χ1v) is 7.99. The molecule has 116 valence electrons. The summed E-state index contributed by atoms with van der Waals surface area (Å²) in [5.41, 5.74) is 0. The fourth-order valence-electron chi connectivity index (χ4n) is 3.15. The van der Waals surface area contributed by atoms with E-state index >= 15 is 0 Å². The lowest BCUT2D eigenvalue weighted by atomic mass is 10.0. The first-order valence-electron chi connectivity index (χ1n) is 7.99. The lowest BCUT2D eigenvalue weighted by molar-refractivity contribution is -0.134. The minimum Gasteiger partial charge on any atom is -0.342 e. The predicted molar refractivity (Wildman–Crippen MR) is 81.8 cm³/mol. The molecular weight excluding hydrogens is 252 g/mol. The van der Waals surface area contributed by atoms with Crippen molar-refractivity contribution in [1.82, 2.24) is 19.6 Å². The van der Waals surface area contributed by atoms with Crippen LogP contribution in [-0.2, 0) is 4.79 Å². The molecule has 0 saturated carbocycles. The van der Waals surface area contributed by atoms with E-state index in [-0.39, 0.29) is 0 Å². The summed E-state index contributed by atoms with van der Waals surface area (Å²) < 4.78 is 0. The van der Waals surface area contributed by atoms with Crippen molar-refractivity contribution < 1.29 is 4.79 Å². The Bertz CT molecular complexity index is 307. The Morgan fingerprint density at radius 1 is 1.05 bits per heavy atom. The number of piperidine rings is 1. The van der Waals surface area contributed by atoms with E-state index < -0.39 is 0 Å². The average molecular weight is 282 g/mol. The standard InChI is InChI=1S/C15H30N4O/c1-4-18-9-11-19(12-10-18)13-15(20)17(3)14-5-7-16(2)8-6-14/h14H,4-13H2,1-3H3. The van der Waals surface area contributed by atoms with Gasteiger partial charge in [-0.2, -0.15) is 0 Å². The number of hydrogen-bond acceptors (Lipinski definition) is 4. The number of piperazine rings is 1. The van der Waals surface area contributed by atoms with Crippen molar-refractivity contribution >= 4 is 5.91 Å². The van der Waals surface area contributed by atoms with Gasteiger partial charge in [0.2, 0.25) is 5.91 Å². The Balaban J connectivity index is 1.74. The van der Waals surface area contributed by atoms with E-state index in [1.807, 2.05) is 11.9 Å². The van der Waals surface area contributed by atoms with E-state index in [0.717, 1.165) is 58.7 Å². The number of likely N-dealkylation sites (tertiary alicyclic amines) is 1. The van der Waals surface area contributed by atoms with Crippen molar-refractivity contribution in [1.29, 1.82) is 0 Å². The Hall–Kier alpha value is -0.650. The van der Waals surface area contributed by atoms with Crippen molar-refractivity contribution in [2.45, 2.75) is 25.8 Å². The van der Waals surface area contributed by atoms with Crippen molar-refractivity contribution in [2.75, 3.05) is 66.5 Å². The van der Waals surface area contributed by atoms with Gasteiger partial charge in [0, 0.05) is 39.3 Å². The molecule has 5 heteroatoms. The number of amides is 1. The Morgan fingerprint density at radius 3 is 2.15 bits per heavy atom. The minimum atomic E-state index is 0.296. The van der Waals surface area contributed by atoms with Crippen LogP contribution in [0.15, 0.2) is 0 Å². The quantitative estimate of drug-likeness (QED) is 0.736. The summed E-state index contributed by atoms with van der Waals surface area (Å²) >= 11 is 0. The molecule has 2 heterocycles.